The van der Waals surface area contributed by atoms with Gasteiger partial charge in [-0.25, -0.2) is 4.79 Å². The van der Waals surface area contributed by atoms with Crippen molar-refractivity contribution >= 4 is 39.2 Å². The van der Waals surface area contributed by atoms with E-state index in [1.165, 1.54) is 0 Å². The van der Waals surface area contributed by atoms with Gasteiger partial charge in [-0.1, -0.05) is 54.3 Å². The minimum Gasteiger partial charge on any atom is -0.481 e. The van der Waals surface area contributed by atoms with Gasteiger partial charge in [-0.05, 0) is 63.0 Å². The number of carboxylic acids is 1. The van der Waals surface area contributed by atoms with E-state index in [0.29, 0.717) is 16.0 Å². The Hall–Kier alpha value is -3.38. The van der Waals surface area contributed by atoms with E-state index < -0.39 is 5.97 Å². The molecular weight excluding hydrogens is 484 g/mol. The Kier molecular flexibility index (Phi) is 8.22. The number of hydrogen-bond donors (Lipinski definition) is 1. The molecule has 0 spiro atoms. The molecule has 0 fully saturated rings. The number of benzene rings is 3. The first-order valence-electron chi connectivity index (χ1n) is 9.62. The fraction of sp³-hybridized carbons (Fsp3) is 0.0741. The molecule has 0 bridgehead atoms. The standard InChI is InChI=1S/C27H19BrO3S/c1-3-19-9-5-7-11-22(19)24(23-12-8-6-10-20(23)4-2)15-16-32-21-13-14-26(25(28)17-21)31-18-27(29)30/h1-2,5-15,17H,16,18H2,(H,29,30). The fourth-order valence-electron chi connectivity index (χ4n) is 3.10. The van der Waals surface area contributed by atoms with Crippen LogP contribution in [0.15, 0.2) is 82.2 Å². The van der Waals surface area contributed by atoms with Gasteiger partial charge in [-0.2, -0.15) is 0 Å². The van der Waals surface area contributed by atoms with Crippen molar-refractivity contribution in [1.29, 1.82) is 0 Å². The van der Waals surface area contributed by atoms with Crippen molar-refractivity contribution in [3.8, 4) is 30.4 Å². The van der Waals surface area contributed by atoms with Crippen LogP contribution in [0, 0.1) is 24.7 Å². The second kappa shape index (κ2) is 11.3. The molecule has 0 aliphatic heterocycles. The Labute approximate surface area is 200 Å². The van der Waals surface area contributed by atoms with Crippen molar-refractivity contribution < 1.29 is 14.6 Å². The summed E-state index contributed by atoms with van der Waals surface area (Å²) in [6, 6.07) is 21.2. The molecule has 0 radical (unpaired) electrons. The Balaban J connectivity index is 1.89. The van der Waals surface area contributed by atoms with E-state index in [4.69, 9.17) is 22.7 Å². The molecule has 0 aromatic heterocycles. The van der Waals surface area contributed by atoms with Crippen LogP contribution in [0.25, 0.3) is 5.57 Å². The van der Waals surface area contributed by atoms with Gasteiger partial charge in [0, 0.05) is 21.8 Å². The number of rotatable bonds is 8. The Bertz CT molecular complexity index is 1190. The summed E-state index contributed by atoms with van der Waals surface area (Å²) in [6.45, 7) is -0.389. The van der Waals surface area contributed by atoms with E-state index in [-0.39, 0.29) is 6.61 Å². The molecule has 3 nitrogen and oxygen atoms in total. The molecule has 0 saturated heterocycles. The molecule has 3 rings (SSSR count). The molecule has 0 amide bonds. The van der Waals surface area contributed by atoms with Gasteiger partial charge in [-0.3, -0.25) is 0 Å². The highest BCUT2D eigenvalue weighted by atomic mass is 79.9. The Morgan fingerprint density at radius 3 is 2.12 bits per heavy atom. The molecule has 0 heterocycles. The van der Waals surface area contributed by atoms with E-state index in [9.17, 15) is 4.79 Å². The van der Waals surface area contributed by atoms with Crippen LogP contribution in [0.3, 0.4) is 0 Å². The summed E-state index contributed by atoms with van der Waals surface area (Å²) in [6.07, 6.45) is 13.6. The van der Waals surface area contributed by atoms with Gasteiger partial charge < -0.3 is 9.84 Å². The molecule has 1 N–H and O–H groups in total. The van der Waals surface area contributed by atoms with Gasteiger partial charge in [-0.15, -0.1) is 24.6 Å². The van der Waals surface area contributed by atoms with Crippen LogP contribution in [0.1, 0.15) is 22.3 Å². The normalized spacial score (nSPS) is 9.97. The maximum absolute atomic E-state index is 10.7. The number of ether oxygens (including phenoxy) is 1. The van der Waals surface area contributed by atoms with Crippen LogP contribution in [0.5, 0.6) is 5.75 Å². The number of carbonyl (C=O) groups is 1. The largest absolute Gasteiger partial charge is 0.481 e. The summed E-state index contributed by atoms with van der Waals surface area (Å²) in [5, 5.41) is 8.78. The zero-order chi connectivity index (χ0) is 22.9. The molecular formula is C27H19BrO3S. The van der Waals surface area contributed by atoms with Crippen LogP contribution in [-0.2, 0) is 4.79 Å². The molecule has 3 aromatic rings. The third-order valence-corrected chi connectivity index (χ3v) is 6.08. The SMILES string of the molecule is C#Cc1ccccc1C(=CCSc1ccc(OCC(=O)O)c(Br)c1)c1ccccc1C#C. The quantitative estimate of drug-likeness (QED) is 0.298. The molecule has 0 aliphatic rings. The third kappa shape index (κ3) is 5.86. The van der Waals surface area contributed by atoms with Crippen LogP contribution in [0.4, 0.5) is 0 Å². The summed E-state index contributed by atoms with van der Waals surface area (Å²) in [5.41, 5.74) is 4.50. The van der Waals surface area contributed by atoms with Crippen molar-refractivity contribution in [1.82, 2.24) is 0 Å². The summed E-state index contributed by atoms with van der Waals surface area (Å²) in [7, 11) is 0. The maximum Gasteiger partial charge on any atom is 0.341 e. The number of aliphatic carboxylic acids is 1. The molecule has 158 valence electrons. The highest BCUT2D eigenvalue weighted by Gasteiger charge is 2.12. The lowest BCUT2D eigenvalue weighted by Gasteiger charge is -2.13. The summed E-state index contributed by atoms with van der Waals surface area (Å²) >= 11 is 5.07. The monoisotopic (exact) mass is 502 g/mol. The summed E-state index contributed by atoms with van der Waals surface area (Å²) in [4.78, 5) is 11.7. The first kappa shape index (κ1) is 23.3. The highest BCUT2D eigenvalue weighted by molar-refractivity contribution is 9.10. The van der Waals surface area contributed by atoms with E-state index in [2.05, 4.69) is 33.8 Å². The molecule has 5 heteroatoms. The van der Waals surface area contributed by atoms with Crippen molar-refractivity contribution in [2.24, 2.45) is 0 Å². The van der Waals surface area contributed by atoms with Gasteiger partial charge in [0.2, 0.25) is 0 Å². The Morgan fingerprint density at radius 1 is 1.00 bits per heavy atom. The van der Waals surface area contributed by atoms with E-state index >= 15 is 0 Å². The van der Waals surface area contributed by atoms with Gasteiger partial charge in [0.05, 0.1) is 4.47 Å². The highest BCUT2D eigenvalue weighted by Crippen LogP contribution is 2.33. The fourth-order valence-corrected chi connectivity index (χ4v) is 4.55. The molecule has 0 unspecified atom stereocenters. The molecule has 0 saturated carbocycles. The maximum atomic E-state index is 10.7. The number of terminal acetylenes is 2. The van der Waals surface area contributed by atoms with Crippen molar-refractivity contribution in [3.05, 3.63) is 99.5 Å². The smallest absolute Gasteiger partial charge is 0.341 e. The summed E-state index contributed by atoms with van der Waals surface area (Å²) < 4.78 is 5.95. The number of carboxylic acid groups (broad SMARTS) is 1. The summed E-state index contributed by atoms with van der Waals surface area (Å²) in [5.74, 6) is 5.67. The second-order valence-electron chi connectivity index (χ2n) is 6.58. The average Bonchev–Trinajstić information content (AvgIpc) is 2.81. The number of thioether (sulfide) groups is 1. The van der Waals surface area contributed by atoms with Gasteiger partial charge >= 0.3 is 5.97 Å². The van der Waals surface area contributed by atoms with E-state index in [1.54, 1.807) is 17.8 Å². The first-order valence-corrected chi connectivity index (χ1v) is 11.4. The van der Waals surface area contributed by atoms with Crippen LogP contribution in [0.2, 0.25) is 0 Å². The molecule has 0 atom stereocenters. The lowest BCUT2D eigenvalue weighted by atomic mass is 9.91. The molecule has 32 heavy (non-hydrogen) atoms. The lowest BCUT2D eigenvalue weighted by molar-refractivity contribution is -0.139. The zero-order valence-corrected chi connectivity index (χ0v) is 19.4. The van der Waals surface area contributed by atoms with Gasteiger partial charge in [0.15, 0.2) is 6.61 Å². The topological polar surface area (TPSA) is 46.5 Å². The zero-order valence-electron chi connectivity index (χ0n) is 17.0. The van der Waals surface area contributed by atoms with Crippen molar-refractivity contribution in [3.63, 3.8) is 0 Å². The van der Waals surface area contributed by atoms with E-state index in [0.717, 1.165) is 32.7 Å². The second-order valence-corrected chi connectivity index (χ2v) is 8.53. The predicted molar refractivity (Wildman–Crippen MR) is 134 cm³/mol. The van der Waals surface area contributed by atoms with Crippen LogP contribution in [-0.4, -0.2) is 23.4 Å². The minimum atomic E-state index is -1.02. The van der Waals surface area contributed by atoms with Crippen molar-refractivity contribution in [2.45, 2.75) is 4.90 Å². The molecule has 3 aromatic carbocycles. The predicted octanol–water partition coefficient (Wildman–Crippen LogP) is 6.10. The van der Waals surface area contributed by atoms with Gasteiger partial charge in [0.25, 0.3) is 0 Å². The lowest BCUT2D eigenvalue weighted by Crippen LogP contribution is -2.09. The van der Waals surface area contributed by atoms with Gasteiger partial charge in [0.1, 0.15) is 5.75 Å². The molecule has 0 aliphatic carbocycles. The Morgan fingerprint density at radius 2 is 1.59 bits per heavy atom. The van der Waals surface area contributed by atoms with E-state index in [1.807, 2.05) is 60.7 Å². The minimum absolute atomic E-state index is 0.389. The number of hydrogen-bond acceptors (Lipinski definition) is 3. The van der Waals surface area contributed by atoms with Crippen molar-refractivity contribution in [2.75, 3.05) is 12.4 Å². The van der Waals surface area contributed by atoms with Crippen LogP contribution < -0.4 is 4.74 Å². The van der Waals surface area contributed by atoms with Crippen LogP contribution >= 0.6 is 27.7 Å². The number of halogens is 1. The third-order valence-electron chi connectivity index (χ3n) is 4.54. The average molecular weight is 503 g/mol. The first-order chi connectivity index (χ1) is 15.5.